The molecule has 0 aromatic rings. The normalized spacial score (nSPS) is 13.8. The fraction of sp³-hybridized carbons (Fsp3) is 1.00. The summed E-state index contributed by atoms with van der Waals surface area (Å²) in [6, 6.07) is 0. The molecule has 0 aromatic carbocycles. The second kappa shape index (κ2) is 9.85. The second-order valence-electron chi connectivity index (χ2n) is 4.38. The van der Waals surface area contributed by atoms with E-state index in [9.17, 15) is 8.42 Å². The zero-order valence-electron chi connectivity index (χ0n) is 11.2. The summed E-state index contributed by atoms with van der Waals surface area (Å²) in [5, 5.41) is -0.882. The van der Waals surface area contributed by atoms with E-state index in [1.54, 1.807) is 6.92 Å². The Labute approximate surface area is 106 Å². The van der Waals surface area contributed by atoms with Crippen LogP contribution in [0.15, 0.2) is 0 Å². The number of hydrogen-bond donors (Lipinski definition) is 1. The largest absolute Gasteiger partial charge is 0.313 e. The highest BCUT2D eigenvalue weighted by Gasteiger charge is 2.19. The Morgan fingerprint density at radius 1 is 1.00 bits per heavy atom. The van der Waals surface area contributed by atoms with Gasteiger partial charge in [-0.15, -0.1) is 0 Å². The van der Waals surface area contributed by atoms with Crippen LogP contribution in [0.4, 0.5) is 0 Å². The quantitative estimate of drug-likeness (QED) is 0.460. The van der Waals surface area contributed by atoms with Gasteiger partial charge in [0.25, 0.3) is 10.1 Å². The van der Waals surface area contributed by atoms with E-state index >= 15 is 0 Å². The van der Waals surface area contributed by atoms with Crippen molar-refractivity contribution in [2.45, 2.75) is 70.6 Å². The molecule has 0 spiro atoms. The van der Waals surface area contributed by atoms with E-state index in [1.807, 2.05) is 0 Å². The first-order valence-corrected chi connectivity index (χ1v) is 8.15. The molecule has 5 heteroatoms. The van der Waals surface area contributed by atoms with E-state index in [0.29, 0.717) is 6.42 Å². The Kier molecular flexibility index (Phi) is 9.78. The first kappa shape index (κ1) is 16.9. The molecule has 2 N–H and O–H groups in total. The zero-order chi connectivity index (χ0) is 13.1. The molecule has 0 fully saturated rings. The van der Waals surface area contributed by atoms with Gasteiger partial charge in [-0.1, -0.05) is 52.4 Å². The molecule has 4 nitrogen and oxygen atoms in total. The van der Waals surface area contributed by atoms with E-state index in [4.69, 9.17) is 9.92 Å². The van der Waals surface area contributed by atoms with Crippen molar-refractivity contribution >= 4 is 10.1 Å². The molecule has 0 saturated heterocycles. The molecule has 0 aliphatic rings. The Bertz CT molecular complexity index is 265. The highest BCUT2D eigenvalue weighted by Crippen LogP contribution is 2.08. The zero-order valence-corrected chi connectivity index (χ0v) is 12.0. The standard InChI is InChI=1S/C12H27NO3S/c1-3-5-6-7-8-9-10-11-16-17(14,15)12(13)4-2/h12H,3-11,13H2,1-2H3. The van der Waals surface area contributed by atoms with Gasteiger partial charge < -0.3 is 5.73 Å². The summed E-state index contributed by atoms with van der Waals surface area (Å²) in [6.07, 6.45) is 8.41. The predicted molar refractivity (Wildman–Crippen MR) is 71.1 cm³/mol. The van der Waals surface area contributed by atoms with Crippen LogP contribution in [0.3, 0.4) is 0 Å². The molecular weight excluding hydrogens is 238 g/mol. The van der Waals surface area contributed by atoms with Crippen LogP contribution in [0.2, 0.25) is 0 Å². The Morgan fingerprint density at radius 2 is 1.53 bits per heavy atom. The fourth-order valence-electron chi connectivity index (χ4n) is 1.53. The van der Waals surface area contributed by atoms with Crippen molar-refractivity contribution in [2.75, 3.05) is 6.61 Å². The summed E-state index contributed by atoms with van der Waals surface area (Å²) in [6.45, 7) is 4.19. The lowest BCUT2D eigenvalue weighted by atomic mass is 10.1. The lowest BCUT2D eigenvalue weighted by Crippen LogP contribution is -2.31. The summed E-state index contributed by atoms with van der Waals surface area (Å²) in [5.74, 6) is 0. The predicted octanol–water partition coefficient (Wildman–Crippen LogP) is 2.78. The van der Waals surface area contributed by atoms with E-state index in [2.05, 4.69) is 6.92 Å². The lowest BCUT2D eigenvalue weighted by molar-refractivity contribution is 0.300. The molecule has 1 atom stereocenters. The van der Waals surface area contributed by atoms with E-state index in [1.165, 1.54) is 25.7 Å². The van der Waals surface area contributed by atoms with Gasteiger partial charge in [-0.25, -0.2) is 0 Å². The summed E-state index contributed by atoms with van der Waals surface area (Å²) in [5.41, 5.74) is 5.43. The summed E-state index contributed by atoms with van der Waals surface area (Å²) in [7, 11) is -3.53. The number of nitrogens with two attached hydrogens (primary N) is 1. The van der Waals surface area contributed by atoms with Crippen LogP contribution in [0.5, 0.6) is 0 Å². The minimum absolute atomic E-state index is 0.268. The van der Waals surface area contributed by atoms with Crippen molar-refractivity contribution in [3.8, 4) is 0 Å². The maximum Gasteiger partial charge on any atom is 0.283 e. The molecule has 0 aliphatic heterocycles. The van der Waals surface area contributed by atoms with Gasteiger partial charge in [0.1, 0.15) is 5.37 Å². The fourth-order valence-corrected chi connectivity index (χ4v) is 2.46. The third-order valence-corrected chi connectivity index (χ3v) is 4.34. The highest BCUT2D eigenvalue weighted by molar-refractivity contribution is 7.87. The average molecular weight is 265 g/mol. The van der Waals surface area contributed by atoms with Crippen LogP contribution in [0, 0.1) is 0 Å². The van der Waals surface area contributed by atoms with E-state index in [-0.39, 0.29) is 6.61 Å². The van der Waals surface area contributed by atoms with Crippen molar-refractivity contribution < 1.29 is 12.6 Å². The van der Waals surface area contributed by atoms with Crippen LogP contribution < -0.4 is 5.73 Å². The van der Waals surface area contributed by atoms with Gasteiger partial charge in [-0.3, -0.25) is 4.18 Å². The smallest absolute Gasteiger partial charge is 0.283 e. The summed E-state index contributed by atoms with van der Waals surface area (Å²) in [4.78, 5) is 0. The average Bonchev–Trinajstić information content (AvgIpc) is 2.31. The van der Waals surface area contributed by atoms with Crippen molar-refractivity contribution in [3.63, 3.8) is 0 Å². The van der Waals surface area contributed by atoms with Gasteiger partial charge >= 0.3 is 0 Å². The van der Waals surface area contributed by atoms with Crippen molar-refractivity contribution in [2.24, 2.45) is 5.73 Å². The SMILES string of the molecule is CCCCCCCCCOS(=O)(=O)C(N)CC. The first-order valence-electron chi connectivity index (χ1n) is 6.68. The van der Waals surface area contributed by atoms with Gasteiger partial charge in [-0.2, -0.15) is 8.42 Å². The minimum atomic E-state index is -3.53. The Balaban J connectivity index is 3.45. The molecule has 0 amide bonds. The molecule has 0 aliphatic carbocycles. The molecule has 0 rings (SSSR count). The van der Waals surface area contributed by atoms with Crippen molar-refractivity contribution in [1.82, 2.24) is 0 Å². The first-order chi connectivity index (χ1) is 8.04. The molecule has 0 aromatic heterocycles. The summed E-state index contributed by atoms with van der Waals surface area (Å²) >= 11 is 0. The number of rotatable bonds is 11. The minimum Gasteiger partial charge on any atom is -0.313 e. The van der Waals surface area contributed by atoms with Crippen molar-refractivity contribution in [1.29, 1.82) is 0 Å². The van der Waals surface area contributed by atoms with E-state index in [0.717, 1.165) is 19.3 Å². The van der Waals surface area contributed by atoms with Gasteiger partial charge in [-0.05, 0) is 12.8 Å². The Hall–Kier alpha value is -0.130. The molecule has 0 heterocycles. The highest BCUT2D eigenvalue weighted by atomic mass is 32.2. The van der Waals surface area contributed by atoms with E-state index < -0.39 is 15.5 Å². The van der Waals surface area contributed by atoms with Gasteiger partial charge in [0.2, 0.25) is 0 Å². The van der Waals surface area contributed by atoms with Crippen LogP contribution in [0.1, 0.15) is 65.2 Å². The number of unbranched alkanes of at least 4 members (excludes halogenated alkanes) is 6. The monoisotopic (exact) mass is 265 g/mol. The summed E-state index contributed by atoms with van der Waals surface area (Å²) < 4.78 is 27.6. The van der Waals surface area contributed by atoms with Gasteiger partial charge in [0.05, 0.1) is 6.61 Å². The third-order valence-electron chi connectivity index (χ3n) is 2.77. The van der Waals surface area contributed by atoms with Crippen LogP contribution in [0.25, 0.3) is 0 Å². The topological polar surface area (TPSA) is 69.4 Å². The van der Waals surface area contributed by atoms with Crippen LogP contribution >= 0.6 is 0 Å². The molecular formula is C12H27NO3S. The van der Waals surface area contributed by atoms with Crippen LogP contribution in [-0.2, 0) is 14.3 Å². The molecule has 1 unspecified atom stereocenters. The number of hydrogen-bond acceptors (Lipinski definition) is 4. The lowest BCUT2D eigenvalue weighted by Gasteiger charge is -2.10. The van der Waals surface area contributed by atoms with Gasteiger partial charge in [0, 0.05) is 0 Å². The molecule has 104 valence electrons. The van der Waals surface area contributed by atoms with Crippen molar-refractivity contribution in [3.05, 3.63) is 0 Å². The molecule has 17 heavy (non-hydrogen) atoms. The molecule has 0 radical (unpaired) electrons. The van der Waals surface area contributed by atoms with Crippen LogP contribution in [-0.4, -0.2) is 20.4 Å². The Morgan fingerprint density at radius 3 is 2.06 bits per heavy atom. The third kappa shape index (κ3) is 8.57. The van der Waals surface area contributed by atoms with Gasteiger partial charge in [0.15, 0.2) is 0 Å². The maximum atomic E-state index is 11.4. The molecule has 0 saturated carbocycles. The maximum absolute atomic E-state index is 11.4. The molecule has 0 bridgehead atoms. The second-order valence-corrected chi connectivity index (χ2v) is 6.21.